The minimum Gasteiger partial charge on any atom is -0.493 e. The number of hydrogen-bond donors (Lipinski definition) is 2. The van der Waals surface area contributed by atoms with Gasteiger partial charge < -0.3 is 10.1 Å². The van der Waals surface area contributed by atoms with Crippen molar-refractivity contribution in [3.05, 3.63) is 51.7 Å². The Morgan fingerprint density at radius 3 is 2.38 bits per heavy atom. The van der Waals surface area contributed by atoms with Crippen molar-refractivity contribution in [3.63, 3.8) is 0 Å². The lowest BCUT2D eigenvalue weighted by Crippen LogP contribution is -2.14. The summed E-state index contributed by atoms with van der Waals surface area (Å²) in [5.41, 5.74) is -1.73. The van der Waals surface area contributed by atoms with Gasteiger partial charge in [0.1, 0.15) is 28.7 Å². The molecule has 0 aliphatic heterocycles. The van der Waals surface area contributed by atoms with Crippen LogP contribution in [-0.4, -0.2) is 19.7 Å². The van der Waals surface area contributed by atoms with Crippen molar-refractivity contribution in [2.24, 2.45) is 0 Å². The van der Waals surface area contributed by atoms with Gasteiger partial charge >= 0.3 is 0 Å². The van der Waals surface area contributed by atoms with Crippen molar-refractivity contribution in [2.45, 2.75) is 6.92 Å². The lowest BCUT2D eigenvalue weighted by molar-refractivity contribution is 0.434. The maximum Gasteiger partial charge on any atom is 0.263 e. The summed E-state index contributed by atoms with van der Waals surface area (Å²) >= 11 is 0. The number of aromatic hydroxyl groups is 1. The molecule has 0 aliphatic carbocycles. The van der Waals surface area contributed by atoms with Gasteiger partial charge in [0, 0.05) is 18.2 Å². The van der Waals surface area contributed by atoms with Crippen LogP contribution >= 0.6 is 0 Å². The first-order chi connectivity index (χ1) is 9.88. The molecule has 0 unspecified atom stereocenters. The third-order valence-corrected chi connectivity index (χ3v) is 2.98. The summed E-state index contributed by atoms with van der Waals surface area (Å²) < 4.78 is 41.5. The second-order valence-electron chi connectivity index (χ2n) is 4.48. The number of nitrogens with one attached hydrogen (secondary N) is 1. The first-order valence-corrected chi connectivity index (χ1v) is 5.85. The number of aromatic nitrogens is 3. The number of hydrogen-bond acceptors (Lipinski definition) is 3. The van der Waals surface area contributed by atoms with Gasteiger partial charge in [-0.05, 0) is 6.92 Å². The zero-order chi connectivity index (χ0) is 15.3. The van der Waals surface area contributed by atoms with Crippen molar-refractivity contribution in [1.82, 2.24) is 14.6 Å². The number of aromatic amines is 1. The van der Waals surface area contributed by atoms with E-state index in [2.05, 4.69) is 10.1 Å². The highest BCUT2D eigenvalue weighted by molar-refractivity contribution is 5.70. The SMILES string of the molecule is Cc1cc2[nH]c(=O)c(-c3c(F)cc(F)cc3F)c(O)n2n1. The molecular formula is C13H8F3N3O2. The highest BCUT2D eigenvalue weighted by Crippen LogP contribution is 2.30. The molecule has 3 aromatic rings. The maximum absolute atomic E-state index is 13.8. The highest BCUT2D eigenvalue weighted by Gasteiger charge is 2.22. The summed E-state index contributed by atoms with van der Waals surface area (Å²) in [6.45, 7) is 1.61. The van der Waals surface area contributed by atoms with Crippen LogP contribution in [0.2, 0.25) is 0 Å². The zero-order valence-electron chi connectivity index (χ0n) is 10.6. The second-order valence-corrected chi connectivity index (χ2v) is 4.48. The van der Waals surface area contributed by atoms with E-state index < -0.39 is 40.0 Å². The van der Waals surface area contributed by atoms with Gasteiger partial charge in [0.15, 0.2) is 0 Å². The number of benzene rings is 1. The van der Waals surface area contributed by atoms with E-state index >= 15 is 0 Å². The third-order valence-electron chi connectivity index (χ3n) is 2.98. The number of rotatable bonds is 1. The van der Waals surface area contributed by atoms with Crippen LogP contribution in [0.5, 0.6) is 5.88 Å². The Morgan fingerprint density at radius 2 is 1.76 bits per heavy atom. The van der Waals surface area contributed by atoms with Crippen molar-refractivity contribution in [1.29, 1.82) is 0 Å². The third kappa shape index (κ3) is 1.95. The lowest BCUT2D eigenvalue weighted by Gasteiger charge is -2.08. The molecule has 0 fully saturated rings. The van der Waals surface area contributed by atoms with Crippen LogP contribution in [0.3, 0.4) is 0 Å². The van der Waals surface area contributed by atoms with E-state index in [1.807, 2.05) is 0 Å². The molecule has 0 aliphatic rings. The molecule has 108 valence electrons. The number of halogens is 3. The Hall–Kier alpha value is -2.77. The molecule has 8 heteroatoms. The van der Waals surface area contributed by atoms with Crippen molar-refractivity contribution in [3.8, 4) is 17.0 Å². The van der Waals surface area contributed by atoms with Crippen LogP contribution in [0.25, 0.3) is 16.8 Å². The summed E-state index contributed by atoms with van der Waals surface area (Å²) in [4.78, 5) is 14.3. The van der Waals surface area contributed by atoms with Gasteiger partial charge in [-0.2, -0.15) is 9.61 Å². The van der Waals surface area contributed by atoms with E-state index in [1.165, 1.54) is 6.07 Å². The van der Waals surface area contributed by atoms with Crippen LogP contribution in [0.1, 0.15) is 5.69 Å². The molecule has 21 heavy (non-hydrogen) atoms. The van der Waals surface area contributed by atoms with Gasteiger partial charge in [-0.25, -0.2) is 13.2 Å². The van der Waals surface area contributed by atoms with Crippen molar-refractivity contribution < 1.29 is 18.3 Å². The maximum atomic E-state index is 13.8. The van der Waals surface area contributed by atoms with Crippen LogP contribution in [-0.2, 0) is 0 Å². The molecule has 0 atom stereocenters. The molecule has 0 amide bonds. The fraction of sp³-hybridized carbons (Fsp3) is 0.0769. The summed E-state index contributed by atoms with van der Waals surface area (Å²) in [5.74, 6) is -4.44. The first-order valence-electron chi connectivity index (χ1n) is 5.85. The van der Waals surface area contributed by atoms with E-state index in [0.29, 0.717) is 17.8 Å². The molecule has 3 rings (SSSR count). The molecule has 0 saturated carbocycles. The fourth-order valence-electron chi connectivity index (χ4n) is 2.14. The predicted octanol–water partition coefficient (Wildman–Crippen LogP) is 2.12. The summed E-state index contributed by atoms with van der Waals surface area (Å²) in [7, 11) is 0. The van der Waals surface area contributed by atoms with E-state index in [4.69, 9.17) is 0 Å². The van der Waals surface area contributed by atoms with E-state index in [-0.39, 0.29) is 5.65 Å². The van der Waals surface area contributed by atoms with Crippen LogP contribution in [0.15, 0.2) is 23.0 Å². The molecule has 2 heterocycles. The Bertz CT molecular complexity index is 907. The smallest absolute Gasteiger partial charge is 0.263 e. The number of aryl methyl sites for hydroxylation is 1. The average Bonchev–Trinajstić information content (AvgIpc) is 2.73. The lowest BCUT2D eigenvalue weighted by atomic mass is 10.1. The van der Waals surface area contributed by atoms with Gasteiger partial charge in [-0.3, -0.25) is 4.79 Å². The molecule has 0 bridgehead atoms. The van der Waals surface area contributed by atoms with Crippen molar-refractivity contribution in [2.75, 3.05) is 0 Å². The molecule has 5 nitrogen and oxygen atoms in total. The molecule has 1 aromatic carbocycles. The largest absolute Gasteiger partial charge is 0.493 e. The summed E-state index contributed by atoms with van der Waals surface area (Å²) in [6, 6.07) is 2.33. The molecule has 0 spiro atoms. The van der Waals surface area contributed by atoms with Gasteiger partial charge in [0.05, 0.1) is 11.3 Å². The molecule has 0 radical (unpaired) electrons. The van der Waals surface area contributed by atoms with E-state index in [0.717, 1.165) is 4.52 Å². The Balaban J connectivity index is 2.43. The minimum atomic E-state index is -1.29. The molecule has 2 N–H and O–H groups in total. The zero-order valence-corrected chi connectivity index (χ0v) is 10.6. The van der Waals surface area contributed by atoms with Gasteiger partial charge in [0.2, 0.25) is 5.88 Å². The average molecular weight is 295 g/mol. The number of fused-ring (bicyclic) bond motifs is 1. The standard InChI is InChI=1S/C13H8F3N3O2/c1-5-2-9-17-12(20)11(13(21)19(9)18-5)10-7(15)3-6(14)4-8(10)16/h2-4,21H,1H3,(H,17,20). The normalized spacial score (nSPS) is 11.2. The van der Waals surface area contributed by atoms with E-state index in [1.54, 1.807) is 6.92 Å². The van der Waals surface area contributed by atoms with Crippen LogP contribution < -0.4 is 5.56 Å². The van der Waals surface area contributed by atoms with Gasteiger partial charge in [-0.1, -0.05) is 0 Å². The van der Waals surface area contributed by atoms with Crippen molar-refractivity contribution >= 4 is 5.65 Å². The summed E-state index contributed by atoms with van der Waals surface area (Å²) in [6.07, 6.45) is 0. The quantitative estimate of drug-likeness (QED) is 0.722. The van der Waals surface area contributed by atoms with Crippen LogP contribution in [0.4, 0.5) is 13.2 Å². The highest BCUT2D eigenvalue weighted by atomic mass is 19.1. The first kappa shape index (κ1) is 13.2. The Labute approximate surface area is 115 Å². The monoisotopic (exact) mass is 295 g/mol. The molecule has 0 saturated heterocycles. The van der Waals surface area contributed by atoms with Gasteiger partial charge in [0.25, 0.3) is 5.56 Å². The second kappa shape index (κ2) is 4.37. The molecular weight excluding hydrogens is 287 g/mol. The van der Waals surface area contributed by atoms with E-state index in [9.17, 15) is 23.1 Å². The summed E-state index contributed by atoms with van der Waals surface area (Å²) in [5, 5.41) is 14.0. The van der Waals surface area contributed by atoms with Gasteiger partial charge in [-0.15, -0.1) is 0 Å². The number of H-pyrrole nitrogens is 1. The fourth-order valence-corrected chi connectivity index (χ4v) is 2.14. The molecule has 2 aromatic heterocycles. The minimum absolute atomic E-state index is 0.168. The predicted molar refractivity (Wildman–Crippen MR) is 67.5 cm³/mol. The Morgan fingerprint density at radius 1 is 1.14 bits per heavy atom. The number of nitrogens with zero attached hydrogens (tertiary/aromatic N) is 2. The van der Waals surface area contributed by atoms with Crippen LogP contribution in [0, 0.1) is 24.4 Å². The Kier molecular flexibility index (Phi) is 2.75. The topological polar surface area (TPSA) is 70.4 Å².